The highest BCUT2D eigenvalue weighted by molar-refractivity contribution is 6.14. The molecule has 0 radical (unpaired) electrons. The molecular weight excluding hydrogens is 797 g/mol. The third-order valence-electron chi connectivity index (χ3n) is 12.3. The van der Waals surface area contributed by atoms with Crippen molar-refractivity contribution in [1.82, 2.24) is 19.5 Å². The van der Waals surface area contributed by atoms with E-state index in [-0.39, 0.29) is 0 Å². The van der Waals surface area contributed by atoms with Gasteiger partial charge < -0.3 is 8.83 Å². The molecule has 0 bridgehead atoms. The lowest BCUT2D eigenvalue weighted by Crippen LogP contribution is -2.07. The van der Waals surface area contributed by atoms with Crippen LogP contribution in [0.5, 0.6) is 0 Å². The van der Waals surface area contributed by atoms with Crippen molar-refractivity contribution in [3.63, 3.8) is 0 Å². The molecule has 0 aliphatic carbocycles. The number of fused-ring (bicyclic) bond motifs is 9. The summed E-state index contributed by atoms with van der Waals surface area (Å²) in [6, 6.07) is 71.8. The topological polar surface area (TPSA) is 69.9 Å². The minimum Gasteiger partial charge on any atom is -0.456 e. The van der Waals surface area contributed by atoms with Gasteiger partial charge in [-0.2, -0.15) is 9.97 Å². The summed E-state index contributed by atoms with van der Waals surface area (Å²) < 4.78 is 14.7. The van der Waals surface area contributed by atoms with Gasteiger partial charge in [-0.3, -0.25) is 4.57 Å². The summed E-state index contributed by atoms with van der Waals surface area (Å²) in [5.74, 6) is 1.69. The molecular formula is C59H40N4O2. The highest BCUT2D eigenvalue weighted by Crippen LogP contribution is 2.40. The van der Waals surface area contributed by atoms with Crippen LogP contribution in [0.4, 0.5) is 0 Å². The second-order valence-electron chi connectivity index (χ2n) is 16.0. The molecule has 0 saturated carbocycles. The maximum atomic E-state index is 6.33. The Morgan fingerprint density at radius 3 is 1.58 bits per heavy atom. The number of rotatable bonds is 6. The molecule has 0 unspecified atom stereocenters. The summed E-state index contributed by atoms with van der Waals surface area (Å²) in [5.41, 5.74) is 13.9. The number of hydrogen-bond acceptors (Lipinski definition) is 5. The highest BCUT2D eigenvalue weighted by Gasteiger charge is 2.21. The molecule has 13 rings (SSSR count). The molecule has 0 saturated heterocycles. The monoisotopic (exact) mass is 836 g/mol. The van der Waals surface area contributed by atoms with E-state index in [4.69, 9.17) is 23.8 Å². The second-order valence-corrected chi connectivity index (χ2v) is 16.0. The van der Waals surface area contributed by atoms with Crippen LogP contribution in [0, 0.1) is 0 Å². The second kappa shape index (κ2) is 15.6. The van der Waals surface area contributed by atoms with Crippen LogP contribution >= 0.6 is 0 Å². The molecule has 0 fully saturated rings. The Bertz CT molecular complexity index is 3930. The number of benzene rings is 9. The Hall–Kier alpha value is -8.61. The maximum absolute atomic E-state index is 6.33. The zero-order valence-corrected chi connectivity index (χ0v) is 35.7. The van der Waals surface area contributed by atoms with E-state index >= 15 is 0 Å². The molecule has 0 spiro atoms. The first-order chi connectivity index (χ1) is 32.2. The SMILES string of the molecule is CC.c1ccc(-c2nc(-c3ccc4c(c3)oc3ccccc34)nc(-n3c4ccccc4c4cccc(-c5cccc(-c6cccc(-c7ccc8oc9ccccc9c8c7)c6)c5)c43)n2)cc1. The van der Waals surface area contributed by atoms with E-state index in [1.54, 1.807) is 0 Å². The molecule has 308 valence electrons. The Morgan fingerprint density at radius 1 is 0.323 bits per heavy atom. The average Bonchev–Trinajstić information content (AvgIpc) is 4.06. The van der Waals surface area contributed by atoms with E-state index in [1.807, 2.05) is 80.6 Å². The highest BCUT2D eigenvalue weighted by atomic mass is 16.3. The fourth-order valence-corrected chi connectivity index (χ4v) is 9.28. The molecule has 6 nitrogen and oxygen atoms in total. The molecule has 65 heavy (non-hydrogen) atoms. The van der Waals surface area contributed by atoms with E-state index in [1.165, 1.54) is 0 Å². The number of para-hydroxylation sites is 4. The van der Waals surface area contributed by atoms with Gasteiger partial charge >= 0.3 is 0 Å². The summed E-state index contributed by atoms with van der Waals surface area (Å²) in [6.45, 7) is 4.00. The molecule has 13 aromatic rings. The zero-order chi connectivity index (χ0) is 43.4. The fourth-order valence-electron chi connectivity index (χ4n) is 9.28. The van der Waals surface area contributed by atoms with Crippen molar-refractivity contribution in [3.8, 4) is 62.1 Å². The standard InChI is InChI=1S/C57H34N4O2.C2H6/c1-2-13-35(14-3-1)55-58-56(41-27-29-46-44-20-5-8-25-50(44)63-53(46)34-41)60-57(59-55)61-49-24-7-4-19-43(49)47-23-12-22-42(54(47)61)40-18-11-17-38(32-40)36-15-10-16-37(31-36)39-28-30-52-48(33-39)45-21-6-9-26-51(45)62-52;1-2/h1-34H;1-2H3. The molecule has 4 heterocycles. The van der Waals surface area contributed by atoms with Gasteiger partial charge in [-0.1, -0.05) is 166 Å². The Labute approximate surface area is 374 Å². The van der Waals surface area contributed by atoms with Gasteiger partial charge in [-0.25, -0.2) is 4.98 Å². The normalized spacial score (nSPS) is 11.5. The summed E-state index contributed by atoms with van der Waals surface area (Å²) in [4.78, 5) is 15.7. The third-order valence-corrected chi connectivity index (χ3v) is 12.3. The minimum atomic E-state index is 0.536. The lowest BCUT2D eigenvalue weighted by atomic mass is 9.95. The fraction of sp³-hybridized carbons (Fsp3) is 0.0339. The molecule has 6 heteroatoms. The summed E-state index contributed by atoms with van der Waals surface area (Å²) >= 11 is 0. The van der Waals surface area contributed by atoms with E-state index in [0.717, 1.165) is 110 Å². The van der Waals surface area contributed by atoms with Crippen LogP contribution in [0.15, 0.2) is 215 Å². The van der Waals surface area contributed by atoms with Crippen molar-refractivity contribution in [2.24, 2.45) is 0 Å². The zero-order valence-electron chi connectivity index (χ0n) is 35.7. The molecule has 0 N–H and O–H groups in total. The van der Waals surface area contributed by atoms with Gasteiger partial charge in [0.25, 0.3) is 0 Å². The number of furan rings is 2. The Balaban J connectivity index is 0.00000219. The number of aromatic nitrogens is 4. The lowest BCUT2D eigenvalue weighted by Gasteiger charge is -2.14. The van der Waals surface area contributed by atoms with Gasteiger partial charge in [0.2, 0.25) is 5.95 Å². The van der Waals surface area contributed by atoms with Crippen molar-refractivity contribution >= 4 is 65.7 Å². The Kier molecular flexibility index (Phi) is 9.16. The van der Waals surface area contributed by atoms with Crippen molar-refractivity contribution < 1.29 is 8.83 Å². The van der Waals surface area contributed by atoms with Gasteiger partial charge in [0.1, 0.15) is 22.3 Å². The predicted molar refractivity (Wildman–Crippen MR) is 267 cm³/mol. The van der Waals surface area contributed by atoms with E-state index in [0.29, 0.717) is 17.6 Å². The van der Waals surface area contributed by atoms with E-state index < -0.39 is 0 Å². The van der Waals surface area contributed by atoms with Crippen LogP contribution in [-0.2, 0) is 0 Å². The quantitative estimate of drug-likeness (QED) is 0.167. The molecule has 0 aliphatic rings. The smallest absolute Gasteiger partial charge is 0.238 e. The van der Waals surface area contributed by atoms with Crippen LogP contribution in [0.25, 0.3) is 128 Å². The third kappa shape index (κ3) is 6.46. The van der Waals surface area contributed by atoms with Crippen molar-refractivity contribution in [3.05, 3.63) is 206 Å². The van der Waals surface area contributed by atoms with Crippen LogP contribution in [0.3, 0.4) is 0 Å². The molecule has 0 amide bonds. The largest absolute Gasteiger partial charge is 0.456 e. The van der Waals surface area contributed by atoms with E-state index in [2.05, 4.69) is 144 Å². The molecule has 4 aromatic heterocycles. The Morgan fingerprint density at radius 2 is 0.831 bits per heavy atom. The lowest BCUT2D eigenvalue weighted by molar-refractivity contribution is 0.668. The average molecular weight is 837 g/mol. The first kappa shape index (κ1) is 38.1. The minimum absolute atomic E-state index is 0.536. The van der Waals surface area contributed by atoms with Gasteiger partial charge in [0, 0.05) is 49.0 Å². The molecule has 0 aliphatic heterocycles. The van der Waals surface area contributed by atoms with E-state index in [9.17, 15) is 0 Å². The first-order valence-corrected chi connectivity index (χ1v) is 22.1. The van der Waals surface area contributed by atoms with Gasteiger partial charge in [0.15, 0.2) is 11.6 Å². The summed E-state index contributed by atoms with van der Waals surface area (Å²) in [7, 11) is 0. The van der Waals surface area contributed by atoms with Gasteiger partial charge in [-0.05, 0) is 82.4 Å². The van der Waals surface area contributed by atoms with Crippen LogP contribution in [0.1, 0.15) is 13.8 Å². The predicted octanol–water partition coefficient (Wildman–Crippen LogP) is 16.1. The van der Waals surface area contributed by atoms with Crippen molar-refractivity contribution in [1.29, 1.82) is 0 Å². The van der Waals surface area contributed by atoms with Crippen LogP contribution in [-0.4, -0.2) is 19.5 Å². The summed E-state index contributed by atoms with van der Waals surface area (Å²) in [5, 5.41) is 6.61. The van der Waals surface area contributed by atoms with Crippen LogP contribution < -0.4 is 0 Å². The number of nitrogens with zero attached hydrogens (tertiary/aromatic N) is 4. The van der Waals surface area contributed by atoms with Gasteiger partial charge in [0.05, 0.1) is 11.0 Å². The number of hydrogen-bond donors (Lipinski definition) is 0. The molecule has 0 atom stereocenters. The first-order valence-electron chi connectivity index (χ1n) is 22.1. The molecule has 9 aromatic carbocycles. The van der Waals surface area contributed by atoms with Crippen molar-refractivity contribution in [2.75, 3.05) is 0 Å². The van der Waals surface area contributed by atoms with Crippen LogP contribution in [0.2, 0.25) is 0 Å². The van der Waals surface area contributed by atoms with Crippen molar-refractivity contribution in [2.45, 2.75) is 13.8 Å². The van der Waals surface area contributed by atoms with Gasteiger partial charge in [-0.15, -0.1) is 0 Å². The summed E-state index contributed by atoms with van der Waals surface area (Å²) in [6.07, 6.45) is 0. The maximum Gasteiger partial charge on any atom is 0.238 e.